The van der Waals surface area contributed by atoms with E-state index in [1.54, 1.807) is 0 Å². The van der Waals surface area contributed by atoms with Crippen molar-refractivity contribution in [2.75, 3.05) is 23.9 Å². The number of sulfone groups is 1. The highest BCUT2D eigenvalue weighted by Crippen LogP contribution is 2.31. The number of hydrogen-bond donors (Lipinski definition) is 2. The molecular weight excluding hydrogens is 326 g/mol. The van der Waals surface area contributed by atoms with E-state index in [2.05, 4.69) is 9.69 Å². The van der Waals surface area contributed by atoms with Crippen LogP contribution in [0.4, 0.5) is 10.8 Å². The fourth-order valence-electron chi connectivity index (χ4n) is 1.55. The number of halogens is 1. The van der Waals surface area contributed by atoms with Gasteiger partial charge in [-0.3, -0.25) is 0 Å². The summed E-state index contributed by atoms with van der Waals surface area (Å²) < 4.78 is 27.8. The molecule has 3 N–H and O–H groups in total. The summed E-state index contributed by atoms with van der Waals surface area (Å²) in [5.41, 5.74) is 5.58. The smallest absolute Gasteiger partial charge is 0.182 e. The van der Waals surface area contributed by atoms with Crippen molar-refractivity contribution in [3.63, 3.8) is 0 Å². The predicted octanol–water partition coefficient (Wildman–Crippen LogP) is 2.50. The Hall–Kier alpha value is -0.830. The van der Waals surface area contributed by atoms with Gasteiger partial charge < -0.3 is 11.1 Å². The summed E-state index contributed by atoms with van der Waals surface area (Å²) in [4.78, 5) is 1.22. The minimum atomic E-state index is -3.37. The van der Waals surface area contributed by atoms with Gasteiger partial charge >= 0.3 is 0 Å². The molecule has 0 unspecified atom stereocenters. The summed E-state index contributed by atoms with van der Waals surface area (Å²) in [5.74, 6) is 0.0502. The van der Waals surface area contributed by atoms with Gasteiger partial charge in [0, 0.05) is 17.7 Å². The minimum Gasteiger partial charge on any atom is -0.382 e. The molecule has 0 spiro atoms. The van der Waals surface area contributed by atoms with E-state index in [-0.39, 0.29) is 10.7 Å². The van der Waals surface area contributed by atoms with Gasteiger partial charge in [0.15, 0.2) is 15.7 Å². The SMILES string of the molecule is CS(=O)(=O)c1c(N)nsc1NCCc1ccc(Cl)s1. The monoisotopic (exact) mass is 337 g/mol. The summed E-state index contributed by atoms with van der Waals surface area (Å²) in [6.45, 7) is 0.598. The zero-order chi connectivity index (χ0) is 14.0. The van der Waals surface area contributed by atoms with Crippen LogP contribution < -0.4 is 11.1 Å². The molecule has 0 bridgehead atoms. The summed E-state index contributed by atoms with van der Waals surface area (Å²) in [6, 6.07) is 3.79. The van der Waals surface area contributed by atoms with Crippen LogP contribution in [0.2, 0.25) is 4.34 Å². The van der Waals surface area contributed by atoms with Crippen LogP contribution >= 0.6 is 34.5 Å². The number of nitrogen functional groups attached to an aromatic ring is 1. The van der Waals surface area contributed by atoms with E-state index >= 15 is 0 Å². The van der Waals surface area contributed by atoms with Gasteiger partial charge in [-0.1, -0.05) is 11.6 Å². The Labute approximate surface area is 124 Å². The Morgan fingerprint density at radius 3 is 2.79 bits per heavy atom. The zero-order valence-electron chi connectivity index (χ0n) is 10.0. The maximum absolute atomic E-state index is 11.6. The number of thiophene rings is 1. The Bertz CT molecular complexity index is 678. The first-order chi connectivity index (χ1) is 8.88. The average molecular weight is 338 g/mol. The van der Waals surface area contributed by atoms with Crippen molar-refractivity contribution >= 4 is 55.1 Å². The highest BCUT2D eigenvalue weighted by atomic mass is 35.5. The van der Waals surface area contributed by atoms with E-state index < -0.39 is 9.84 Å². The maximum Gasteiger partial charge on any atom is 0.182 e. The van der Waals surface area contributed by atoms with Crippen LogP contribution in [0.3, 0.4) is 0 Å². The van der Waals surface area contributed by atoms with E-state index in [1.165, 1.54) is 11.3 Å². The standard InChI is InChI=1S/C10H12ClN3O2S3/c1-19(15,16)8-9(12)14-18-10(8)13-5-4-6-2-3-7(11)17-6/h2-3,13H,4-5H2,1H3,(H2,12,14). The van der Waals surface area contributed by atoms with Gasteiger partial charge in [0.25, 0.3) is 0 Å². The topological polar surface area (TPSA) is 85.1 Å². The van der Waals surface area contributed by atoms with Crippen molar-refractivity contribution in [3.05, 3.63) is 21.3 Å². The Morgan fingerprint density at radius 2 is 2.21 bits per heavy atom. The summed E-state index contributed by atoms with van der Waals surface area (Å²) >= 11 is 8.40. The lowest BCUT2D eigenvalue weighted by Crippen LogP contribution is -2.08. The second-order valence-electron chi connectivity index (χ2n) is 3.88. The van der Waals surface area contributed by atoms with Crippen LogP contribution in [0.25, 0.3) is 0 Å². The van der Waals surface area contributed by atoms with E-state index in [9.17, 15) is 8.42 Å². The second-order valence-corrected chi connectivity index (χ2v) is 8.41. The fraction of sp³-hybridized carbons (Fsp3) is 0.300. The minimum absolute atomic E-state index is 0.0502. The number of aromatic nitrogens is 1. The first-order valence-corrected chi connectivity index (χ1v) is 9.17. The highest BCUT2D eigenvalue weighted by Gasteiger charge is 2.20. The van der Waals surface area contributed by atoms with Crippen LogP contribution in [0.1, 0.15) is 4.88 Å². The molecule has 0 aliphatic carbocycles. The summed E-state index contributed by atoms with van der Waals surface area (Å²) in [6.07, 6.45) is 1.88. The molecule has 0 amide bonds. The van der Waals surface area contributed by atoms with Gasteiger partial charge in [0.05, 0.1) is 4.34 Å². The fourth-order valence-corrected chi connectivity index (χ4v) is 4.73. The normalized spacial score (nSPS) is 11.7. The molecule has 19 heavy (non-hydrogen) atoms. The molecule has 0 aliphatic rings. The van der Waals surface area contributed by atoms with Crippen molar-refractivity contribution in [2.45, 2.75) is 11.3 Å². The summed E-state index contributed by atoms with van der Waals surface area (Å²) in [5, 5.41) is 3.55. The molecule has 5 nitrogen and oxygen atoms in total. The van der Waals surface area contributed by atoms with Crippen LogP contribution in [-0.4, -0.2) is 25.6 Å². The lowest BCUT2D eigenvalue weighted by atomic mass is 10.3. The molecule has 0 saturated carbocycles. The van der Waals surface area contributed by atoms with Crippen molar-refractivity contribution in [1.29, 1.82) is 0 Å². The van der Waals surface area contributed by atoms with Crippen molar-refractivity contribution < 1.29 is 8.42 Å². The van der Waals surface area contributed by atoms with Gasteiger partial charge in [-0.05, 0) is 30.1 Å². The molecule has 2 aromatic rings. The van der Waals surface area contributed by atoms with E-state index in [0.29, 0.717) is 11.5 Å². The average Bonchev–Trinajstić information content (AvgIpc) is 2.85. The quantitative estimate of drug-likeness (QED) is 0.875. The van der Waals surface area contributed by atoms with Gasteiger partial charge in [-0.15, -0.1) is 11.3 Å². The lowest BCUT2D eigenvalue weighted by Gasteiger charge is -2.04. The van der Waals surface area contributed by atoms with Crippen molar-refractivity contribution in [3.8, 4) is 0 Å². The molecule has 0 aliphatic heterocycles. The molecule has 2 heterocycles. The largest absolute Gasteiger partial charge is 0.382 e. The zero-order valence-corrected chi connectivity index (χ0v) is 13.2. The number of rotatable bonds is 5. The molecule has 0 radical (unpaired) electrons. The third-order valence-electron chi connectivity index (χ3n) is 2.33. The molecular formula is C10H12ClN3O2S3. The van der Waals surface area contributed by atoms with Crippen LogP contribution in [0, 0.1) is 0 Å². The third kappa shape index (κ3) is 3.59. The molecule has 0 atom stereocenters. The van der Waals surface area contributed by atoms with E-state index in [0.717, 1.165) is 33.4 Å². The predicted molar refractivity (Wildman–Crippen MR) is 81.2 cm³/mol. The van der Waals surface area contributed by atoms with Crippen LogP contribution in [0.15, 0.2) is 17.0 Å². The van der Waals surface area contributed by atoms with Crippen molar-refractivity contribution in [2.24, 2.45) is 0 Å². The Morgan fingerprint density at radius 1 is 1.47 bits per heavy atom. The Balaban J connectivity index is 2.04. The van der Waals surface area contributed by atoms with Crippen molar-refractivity contribution in [1.82, 2.24) is 4.37 Å². The van der Waals surface area contributed by atoms with Gasteiger partial charge in [-0.2, -0.15) is 4.37 Å². The van der Waals surface area contributed by atoms with Gasteiger partial charge in [0.2, 0.25) is 0 Å². The maximum atomic E-state index is 11.6. The first kappa shape index (κ1) is 14.6. The van der Waals surface area contributed by atoms with Crippen LogP contribution in [-0.2, 0) is 16.3 Å². The molecule has 2 rings (SSSR count). The molecule has 0 saturated heterocycles. The van der Waals surface area contributed by atoms with E-state index in [4.69, 9.17) is 17.3 Å². The lowest BCUT2D eigenvalue weighted by molar-refractivity contribution is 0.602. The number of nitrogens with zero attached hydrogens (tertiary/aromatic N) is 1. The molecule has 0 fully saturated rings. The highest BCUT2D eigenvalue weighted by molar-refractivity contribution is 7.91. The third-order valence-corrected chi connectivity index (χ3v) is 5.72. The molecule has 9 heteroatoms. The van der Waals surface area contributed by atoms with Gasteiger partial charge in [-0.25, -0.2) is 8.42 Å². The van der Waals surface area contributed by atoms with Gasteiger partial charge in [0.1, 0.15) is 9.90 Å². The first-order valence-electron chi connectivity index (χ1n) is 5.31. The number of nitrogens with two attached hydrogens (primary N) is 1. The summed E-state index contributed by atoms with van der Waals surface area (Å²) in [7, 11) is -3.37. The molecule has 2 aromatic heterocycles. The number of anilines is 2. The number of hydrogen-bond acceptors (Lipinski definition) is 7. The molecule has 0 aromatic carbocycles. The molecule has 104 valence electrons. The number of nitrogens with one attached hydrogen (secondary N) is 1. The van der Waals surface area contributed by atoms with Crippen LogP contribution in [0.5, 0.6) is 0 Å². The Kier molecular flexibility index (Phi) is 4.34. The van der Waals surface area contributed by atoms with E-state index in [1.807, 2.05) is 12.1 Å². The second kappa shape index (κ2) is 5.66.